The number of halogens is 2. The maximum Gasteiger partial charge on any atom is 0.189 e. The first-order chi connectivity index (χ1) is 10.1. The van der Waals surface area contributed by atoms with Crippen molar-refractivity contribution in [2.24, 2.45) is 0 Å². The van der Waals surface area contributed by atoms with E-state index < -0.39 is 0 Å². The summed E-state index contributed by atoms with van der Waals surface area (Å²) < 4.78 is 10.9. The fraction of sp³-hybridized carbons (Fsp3) is 0.250. The van der Waals surface area contributed by atoms with E-state index in [0.29, 0.717) is 18.2 Å². The molecule has 0 aromatic heterocycles. The zero-order chi connectivity index (χ0) is 14.8. The van der Waals surface area contributed by atoms with E-state index in [0.717, 1.165) is 33.1 Å². The Bertz CT molecular complexity index is 674. The Balaban J connectivity index is 1.85. The molecule has 0 radical (unpaired) electrons. The van der Waals surface area contributed by atoms with Crippen molar-refractivity contribution in [3.8, 4) is 5.75 Å². The fourth-order valence-electron chi connectivity index (χ4n) is 2.38. The monoisotopic (exact) mass is 323 g/mol. The fourth-order valence-corrected chi connectivity index (χ4v) is 2.82. The van der Waals surface area contributed by atoms with Crippen molar-refractivity contribution in [1.29, 1.82) is 0 Å². The number of benzene rings is 2. The van der Waals surface area contributed by atoms with Gasteiger partial charge >= 0.3 is 0 Å². The maximum absolute atomic E-state index is 6.16. The molecule has 1 aliphatic heterocycles. The van der Waals surface area contributed by atoms with E-state index in [1.54, 1.807) is 0 Å². The predicted molar refractivity (Wildman–Crippen MR) is 85.3 cm³/mol. The van der Waals surface area contributed by atoms with Crippen LogP contribution in [0, 0.1) is 6.92 Å². The summed E-state index contributed by atoms with van der Waals surface area (Å²) in [6, 6.07) is 9.60. The Morgan fingerprint density at radius 1 is 1.24 bits per heavy atom. The van der Waals surface area contributed by atoms with Crippen LogP contribution in [0.1, 0.15) is 16.7 Å². The standard InChI is InChI=1S/C16H15Cl2NO2/c1-10-14(18)3-2-4-15(10)19-7-11-5-13(17)6-12-8-20-9-21-16(11)12/h2-6,19H,7-9H2,1H3. The number of hydrogen-bond acceptors (Lipinski definition) is 3. The van der Waals surface area contributed by atoms with Crippen LogP contribution in [-0.4, -0.2) is 6.79 Å². The molecule has 21 heavy (non-hydrogen) atoms. The lowest BCUT2D eigenvalue weighted by Gasteiger charge is -2.21. The molecule has 110 valence electrons. The van der Waals surface area contributed by atoms with E-state index >= 15 is 0 Å². The van der Waals surface area contributed by atoms with Crippen molar-refractivity contribution < 1.29 is 9.47 Å². The molecule has 1 aliphatic rings. The van der Waals surface area contributed by atoms with Crippen LogP contribution in [0.3, 0.4) is 0 Å². The van der Waals surface area contributed by atoms with Crippen molar-refractivity contribution >= 4 is 28.9 Å². The van der Waals surface area contributed by atoms with Gasteiger partial charge in [0.05, 0.1) is 6.61 Å². The quantitative estimate of drug-likeness (QED) is 0.881. The highest BCUT2D eigenvalue weighted by atomic mass is 35.5. The van der Waals surface area contributed by atoms with Crippen molar-refractivity contribution in [3.63, 3.8) is 0 Å². The van der Waals surface area contributed by atoms with Crippen LogP contribution in [0.15, 0.2) is 30.3 Å². The molecule has 0 atom stereocenters. The second-order valence-electron chi connectivity index (χ2n) is 4.93. The van der Waals surface area contributed by atoms with Crippen molar-refractivity contribution in [2.45, 2.75) is 20.1 Å². The predicted octanol–water partition coefficient (Wildman–Crippen LogP) is 4.78. The molecule has 2 aromatic carbocycles. The van der Waals surface area contributed by atoms with Gasteiger partial charge in [-0.15, -0.1) is 0 Å². The van der Waals surface area contributed by atoms with Gasteiger partial charge in [0.2, 0.25) is 0 Å². The van der Waals surface area contributed by atoms with Crippen molar-refractivity contribution in [1.82, 2.24) is 0 Å². The third-order valence-corrected chi connectivity index (χ3v) is 4.12. The summed E-state index contributed by atoms with van der Waals surface area (Å²) in [7, 11) is 0. The zero-order valence-electron chi connectivity index (χ0n) is 11.6. The van der Waals surface area contributed by atoms with Crippen LogP contribution in [0.2, 0.25) is 10.0 Å². The molecule has 0 bridgehead atoms. The molecule has 0 amide bonds. The summed E-state index contributed by atoms with van der Waals surface area (Å²) in [5, 5.41) is 4.81. The summed E-state index contributed by atoms with van der Waals surface area (Å²) in [5.41, 5.74) is 4.02. The second kappa shape index (κ2) is 6.14. The Kier molecular flexibility index (Phi) is 4.24. The summed E-state index contributed by atoms with van der Waals surface area (Å²) in [6.45, 7) is 3.41. The van der Waals surface area contributed by atoms with Gasteiger partial charge in [-0.3, -0.25) is 0 Å². The largest absolute Gasteiger partial charge is 0.467 e. The number of anilines is 1. The molecule has 1 heterocycles. The zero-order valence-corrected chi connectivity index (χ0v) is 13.1. The summed E-state index contributed by atoms with van der Waals surface area (Å²) in [5.74, 6) is 0.859. The summed E-state index contributed by atoms with van der Waals surface area (Å²) >= 11 is 12.3. The maximum atomic E-state index is 6.16. The Labute approximate surface area is 133 Å². The molecule has 2 aromatic rings. The highest BCUT2D eigenvalue weighted by molar-refractivity contribution is 6.31. The van der Waals surface area contributed by atoms with Crippen LogP contribution in [-0.2, 0) is 17.9 Å². The second-order valence-corrected chi connectivity index (χ2v) is 5.77. The van der Waals surface area contributed by atoms with Gasteiger partial charge in [0, 0.05) is 33.4 Å². The molecule has 3 rings (SSSR count). The molecule has 0 aliphatic carbocycles. The van der Waals surface area contributed by atoms with Gasteiger partial charge in [-0.2, -0.15) is 0 Å². The molecule has 0 saturated carbocycles. The minimum atomic E-state index is 0.276. The Hall–Kier alpha value is -1.42. The lowest BCUT2D eigenvalue weighted by molar-refractivity contribution is -0.0169. The summed E-state index contributed by atoms with van der Waals surface area (Å²) in [4.78, 5) is 0. The molecule has 0 fully saturated rings. The van der Waals surface area contributed by atoms with Gasteiger partial charge in [-0.05, 0) is 36.8 Å². The molecule has 0 unspecified atom stereocenters. The lowest BCUT2D eigenvalue weighted by Crippen LogP contribution is -2.14. The third kappa shape index (κ3) is 3.10. The van der Waals surface area contributed by atoms with E-state index in [1.807, 2.05) is 37.3 Å². The molecular weight excluding hydrogens is 309 g/mol. The first-order valence-corrected chi connectivity index (χ1v) is 7.41. The van der Waals surface area contributed by atoms with E-state index in [-0.39, 0.29) is 6.79 Å². The van der Waals surface area contributed by atoms with Crippen LogP contribution in [0.4, 0.5) is 5.69 Å². The van der Waals surface area contributed by atoms with Crippen molar-refractivity contribution in [3.05, 3.63) is 57.1 Å². The minimum absolute atomic E-state index is 0.276. The molecule has 3 nitrogen and oxygen atoms in total. The topological polar surface area (TPSA) is 30.5 Å². The highest BCUT2D eigenvalue weighted by Gasteiger charge is 2.16. The van der Waals surface area contributed by atoms with Gasteiger partial charge in [-0.25, -0.2) is 0 Å². The SMILES string of the molecule is Cc1c(Cl)cccc1NCc1cc(Cl)cc2c1OCOC2. The van der Waals surface area contributed by atoms with E-state index in [1.165, 1.54) is 0 Å². The van der Waals surface area contributed by atoms with Gasteiger partial charge < -0.3 is 14.8 Å². The molecule has 1 N–H and O–H groups in total. The number of nitrogens with one attached hydrogen (secondary N) is 1. The number of rotatable bonds is 3. The number of fused-ring (bicyclic) bond motifs is 1. The Morgan fingerprint density at radius 3 is 2.95 bits per heavy atom. The number of ether oxygens (including phenoxy) is 2. The van der Waals surface area contributed by atoms with Gasteiger partial charge in [0.15, 0.2) is 6.79 Å². The number of hydrogen-bond donors (Lipinski definition) is 1. The van der Waals surface area contributed by atoms with Crippen LogP contribution in [0.5, 0.6) is 5.75 Å². The van der Waals surface area contributed by atoms with Crippen LogP contribution < -0.4 is 10.1 Å². The van der Waals surface area contributed by atoms with Crippen molar-refractivity contribution in [2.75, 3.05) is 12.1 Å². The molecular formula is C16H15Cl2NO2. The average molecular weight is 324 g/mol. The summed E-state index contributed by atoms with van der Waals surface area (Å²) in [6.07, 6.45) is 0. The van der Waals surface area contributed by atoms with Crippen LogP contribution >= 0.6 is 23.2 Å². The average Bonchev–Trinajstić information content (AvgIpc) is 2.48. The smallest absolute Gasteiger partial charge is 0.189 e. The van der Waals surface area contributed by atoms with E-state index in [2.05, 4.69) is 5.32 Å². The highest BCUT2D eigenvalue weighted by Crippen LogP contribution is 2.32. The minimum Gasteiger partial charge on any atom is -0.467 e. The van der Waals surface area contributed by atoms with Gasteiger partial charge in [-0.1, -0.05) is 29.3 Å². The Morgan fingerprint density at radius 2 is 2.10 bits per heavy atom. The van der Waals surface area contributed by atoms with E-state index in [9.17, 15) is 0 Å². The molecule has 0 saturated heterocycles. The first-order valence-electron chi connectivity index (χ1n) is 6.66. The normalized spacial score (nSPS) is 13.5. The van der Waals surface area contributed by atoms with Gasteiger partial charge in [0.1, 0.15) is 5.75 Å². The first kappa shape index (κ1) is 14.5. The van der Waals surface area contributed by atoms with Crippen LogP contribution in [0.25, 0.3) is 0 Å². The third-order valence-electron chi connectivity index (χ3n) is 3.49. The molecule has 0 spiro atoms. The molecule has 5 heteroatoms. The van der Waals surface area contributed by atoms with E-state index in [4.69, 9.17) is 32.7 Å². The van der Waals surface area contributed by atoms with Gasteiger partial charge in [0.25, 0.3) is 0 Å². The lowest BCUT2D eigenvalue weighted by atomic mass is 10.1.